The molecule has 0 amide bonds. The molecule has 3 nitrogen and oxygen atoms in total. The molecule has 0 spiro atoms. The standard InChI is InChI=1S/C16H28N2O/c1-13(2)11-18(4)16(3,12-17)10-14-8-6-7-9-15(14)19-5/h6-9,13H,10-12,17H2,1-5H3. The zero-order valence-electron chi connectivity index (χ0n) is 12.9. The van der Waals surface area contributed by atoms with Gasteiger partial charge in [0.25, 0.3) is 0 Å². The molecule has 0 fully saturated rings. The van der Waals surface area contributed by atoms with E-state index in [-0.39, 0.29) is 5.54 Å². The fraction of sp³-hybridized carbons (Fsp3) is 0.625. The number of nitrogens with two attached hydrogens (primary N) is 1. The topological polar surface area (TPSA) is 38.5 Å². The van der Waals surface area contributed by atoms with Gasteiger partial charge in [0.2, 0.25) is 0 Å². The number of hydrogen-bond donors (Lipinski definition) is 1. The summed E-state index contributed by atoms with van der Waals surface area (Å²) in [7, 11) is 3.87. The predicted octanol–water partition coefficient (Wildman–Crippen LogP) is 2.54. The van der Waals surface area contributed by atoms with Crippen LogP contribution < -0.4 is 10.5 Å². The molecule has 0 aliphatic carbocycles. The summed E-state index contributed by atoms with van der Waals surface area (Å²) in [5.74, 6) is 1.58. The highest BCUT2D eigenvalue weighted by molar-refractivity contribution is 5.34. The van der Waals surface area contributed by atoms with E-state index in [1.807, 2.05) is 12.1 Å². The third kappa shape index (κ3) is 4.22. The van der Waals surface area contributed by atoms with Crippen LogP contribution in [-0.4, -0.2) is 37.7 Å². The van der Waals surface area contributed by atoms with Crippen molar-refractivity contribution in [2.24, 2.45) is 11.7 Å². The Kier molecular flexibility index (Phi) is 5.83. The Balaban J connectivity index is 2.91. The first-order valence-electron chi connectivity index (χ1n) is 6.96. The molecule has 1 unspecified atom stereocenters. The minimum absolute atomic E-state index is 0.0428. The predicted molar refractivity (Wildman–Crippen MR) is 81.6 cm³/mol. The lowest BCUT2D eigenvalue weighted by Gasteiger charge is -2.39. The number of para-hydroxylation sites is 1. The maximum absolute atomic E-state index is 6.04. The van der Waals surface area contributed by atoms with Crippen LogP contribution in [-0.2, 0) is 6.42 Å². The molecule has 0 radical (unpaired) electrons. The Bertz CT molecular complexity index is 392. The third-order valence-corrected chi connectivity index (χ3v) is 3.76. The van der Waals surface area contributed by atoms with Crippen LogP contribution in [0.15, 0.2) is 24.3 Å². The van der Waals surface area contributed by atoms with Gasteiger partial charge in [-0.3, -0.25) is 4.90 Å². The van der Waals surface area contributed by atoms with Gasteiger partial charge in [0.15, 0.2) is 0 Å². The van der Waals surface area contributed by atoms with Crippen LogP contribution >= 0.6 is 0 Å². The van der Waals surface area contributed by atoms with Crippen molar-refractivity contribution in [3.8, 4) is 5.75 Å². The lowest BCUT2D eigenvalue weighted by Crippen LogP contribution is -2.52. The van der Waals surface area contributed by atoms with Crippen LogP contribution in [0.1, 0.15) is 26.3 Å². The number of nitrogens with zero attached hydrogens (tertiary/aromatic N) is 1. The van der Waals surface area contributed by atoms with Gasteiger partial charge >= 0.3 is 0 Å². The summed E-state index contributed by atoms with van der Waals surface area (Å²) in [5.41, 5.74) is 7.21. The van der Waals surface area contributed by atoms with E-state index in [1.165, 1.54) is 5.56 Å². The summed E-state index contributed by atoms with van der Waals surface area (Å²) in [6, 6.07) is 8.18. The molecule has 1 rings (SSSR count). The van der Waals surface area contributed by atoms with Gasteiger partial charge in [0.05, 0.1) is 7.11 Å². The molecule has 0 bridgehead atoms. The lowest BCUT2D eigenvalue weighted by atomic mass is 9.90. The molecule has 0 aromatic heterocycles. The van der Waals surface area contributed by atoms with Crippen molar-refractivity contribution >= 4 is 0 Å². The van der Waals surface area contributed by atoms with E-state index in [0.29, 0.717) is 12.5 Å². The SMILES string of the molecule is COc1ccccc1CC(C)(CN)N(C)CC(C)C. The second kappa shape index (κ2) is 6.92. The van der Waals surface area contributed by atoms with Crippen LogP contribution in [0.3, 0.4) is 0 Å². The summed E-state index contributed by atoms with van der Waals surface area (Å²) < 4.78 is 5.44. The van der Waals surface area contributed by atoms with E-state index in [1.54, 1.807) is 7.11 Å². The molecule has 2 N–H and O–H groups in total. The summed E-state index contributed by atoms with van der Waals surface area (Å²) in [4.78, 5) is 2.37. The molecule has 108 valence electrons. The van der Waals surface area contributed by atoms with E-state index in [9.17, 15) is 0 Å². The average Bonchev–Trinajstić information content (AvgIpc) is 2.38. The number of hydrogen-bond acceptors (Lipinski definition) is 3. The first-order valence-corrected chi connectivity index (χ1v) is 6.96. The second-order valence-corrected chi connectivity index (χ2v) is 5.96. The molecule has 1 aromatic rings. The van der Waals surface area contributed by atoms with E-state index in [4.69, 9.17) is 10.5 Å². The quantitative estimate of drug-likeness (QED) is 0.822. The highest BCUT2D eigenvalue weighted by Crippen LogP contribution is 2.26. The summed E-state index contributed by atoms with van der Waals surface area (Å²) in [6.07, 6.45) is 0.900. The van der Waals surface area contributed by atoms with E-state index in [0.717, 1.165) is 18.7 Å². The van der Waals surface area contributed by atoms with Gasteiger partial charge in [-0.15, -0.1) is 0 Å². The van der Waals surface area contributed by atoms with Crippen LogP contribution in [0.5, 0.6) is 5.75 Å². The number of rotatable bonds is 7. The molecule has 0 saturated heterocycles. The first-order chi connectivity index (χ1) is 8.92. The highest BCUT2D eigenvalue weighted by atomic mass is 16.5. The van der Waals surface area contributed by atoms with E-state index < -0.39 is 0 Å². The lowest BCUT2D eigenvalue weighted by molar-refractivity contribution is 0.127. The van der Waals surface area contributed by atoms with Gasteiger partial charge < -0.3 is 10.5 Å². The van der Waals surface area contributed by atoms with Gasteiger partial charge in [-0.05, 0) is 37.9 Å². The maximum atomic E-state index is 6.04. The summed E-state index contributed by atoms with van der Waals surface area (Å²) in [5, 5.41) is 0. The zero-order chi connectivity index (χ0) is 14.5. The van der Waals surface area contributed by atoms with Crippen LogP contribution in [0.2, 0.25) is 0 Å². The number of benzene rings is 1. The van der Waals surface area contributed by atoms with Crippen LogP contribution in [0, 0.1) is 5.92 Å². The van der Waals surface area contributed by atoms with Crippen LogP contribution in [0.4, 0.5) is 0 Å². The largest absolute Gasteiger partial charge is 0.496 e. The van der Waals surface area contributed by atoms with Gasteiger partial charge in [-0.25, -0.2) is 0 Å². The fourth-order valence-corrected chi connectivity index (χ4v) is 2.39. The van der Waals surface area contributed by atoms with Gasteiger partial charge in [-0.2, -0.15) is 0 Å². The minimum atomic E-state index is -0.0428. The van der Waals surface area contributed by atoms with Gasteiger partial charge in [0.1, 0.15) is 5.75 Å². The first kappa shape index (κ1) is 16.0. The van der Waals surface area contributed by atoms with E-state index in [2.05, 4.69) is 44.9 Å². The molecule has 0 heterocycles. The van der Waals surface area contributed by atoms with Crippen molar-refractivity contribution in [3.63, 3.8) is 0 Å². The van der Waals surface area contributed by atoms with Gasteiger partial charge in [-0.1, -0.05) is 32.0 Å². The van der Waals surface area contributed by atoms with Crippen molar-refractivity contribution in [3.05, 3.63) is 29.8 Å². The molecule has 1 aromatic carbocycles. The summed E-state index contributed by atoms with van der Waals surface area (Å²) in [6.45, 7) is 8.37. The monoisotopic (exact) mass is 264 g/mol. The fourth-order valence-electron chi connectivity index (χ4n) is 2.39. The molecule has 0 saturated carbocycles. The number of methoxy groups -OCH3 is 1. The van der Waals surface area contributed by atoms with Crippen molar-refractivity contribution in [1.82, 2.24) is 4.90 Å². The van der Waals surface area contributed by atoms with Gasteiger partial charge in [0, 0.05) is 18.6 Å². The van der Waals surface area contributed by atoms with Crippen molar-refractivity contribution in [1.29, 1.82) is 0 Å². The smallest absolute Gasteiger partial charge is 0.122 e. The molecular formula is C16H28N2O. The third-order valence-electron chi connectivity index (χ3n) is 3.76. The second-order valence-electron chi connectivity index (χ2n) is 5.96. The number of likely N-dealkylation sites (N-methyl/N-ethyl adjacent to an activating group) is 1. The molecule has 3 heteroatoms. The highest BCUT2D eigenvalue weighted by Gasteiger charge is 2.29. The average molecular weight is 264 g/mol. The molecule has 0 aliphatic heterocycles. The number of ether oxygens (including phenoxy) is 1. The molecular weight excluding hydrogens is 236 g/mol. The Morgan fingerprint density at radius 2 is 1.95 bits per heavy atom. The Morgan fingerprint density at radius 1 is 1.32 bits per heavy atom. The maximum Gasteiger partial charge on any atom is 0.122 e. The van der Waals surface area contributed by atoms with Crippen molar-refractivity contribution in [2.75, 3.05) is 27.2 Å². The van der Waals surface area contributed by atoms with Crippen LogP contribution in [0.25, 0.3) is 0 Å². The van der Waals surface area contributed by atoms with Crippen molar-refractivity contribution in [2.45, 2.75) is 32.7 Å². The molecule has 0 aliphatic rings. The Labute approximate surface area is 117 Å². The Morgan fingerprint density at radius 3 is 2.47 bits per heavy atom. The zero-order valence-corrected chi connectivity index (χ0v) is 12.9. The van der Waals surface area contributed by atoms with E-state index >= 15 is 0 Å². The molecule has 19 heavy (non-hydrogen) atoms. The summed E-state index contributed by atoms with van der Waals surface area (Å²) >= 11 is 0. The minimum Gasteiger partial charge on any atom is -0.496 e. The normalized spacial score (nSPS) is 14.7. The Hall–Kier alpha value is -1.06. The molecule has 1 atom stereocenters. The van der Waals surface area contributed by atoms with Crippen molar-refractivity contribution < 1.29 is 4.74 Å².